The first-order chi connectivity index (χ1) is 16.6. The Labute approximate surface area is 198 Å². The summed E-state index contributed by atoms with van der Waals surface area (Å²) in [4.78, 5) is 2.14. The number of aromatic nitrogens is 4. The highest BCUT2D eigenvalue weighted by Crippen LogP contribution is 2.60. The highest BCUT2D eigenvalue weighted by molar-refractivity contribution is 5.35. The van der Waals surface area contributed by atoms with Crippen molar-refractivity contribution in [2.45, 2.75) is 55.9 Å². The number of aliphatic hydroxyl groups is 1. The van der Waals surface area contributed by atoms with Crippen molar-refractivity contribution in [2.24, 2.45) is 0 Å². The van der Waals surface area contributed by atoms with Gasteiger partial charge in [-0.25, -0.2) is 9.07 Å². The molecule has 1 N–H and O–H groups in total. The number of aliphatic hydroxyl groups excluding tert-OH is 1. The lowest BCUT2D eigenvalue weighted by molar-refractivity contribution is -0.0710. The number of halogens is 1. The molecule has 2 aromatic carbocycles. The van der Waals surface area contributed by atoms with Gasteiger partial charge in [-0.2, -0.15) is 0 Å². The number of ether oxygens (including phenoxy) is 2. The second kappa shape index (κ2) is 9.50. The number of rotatable bonds is 9. The van der Waals surface area contributed by atoms with Crippen LogP contribution in [0, 0.1) is 0 Å². The third-order valence-electron chi connectivity index (χ3n) is 7.23. The monoisotopic (exact) mass is 467 g/mol. The van der Waals surface area contributed by atoms with Gasteiger partial charge in [0.05, 0.1) is 30.9 Å². The minimum absolute atomic E-state index is 0.0314. The summed E-state index contributed by atoms with van der Waals surface area (Å²) in [5.41, 5.74) is -0.801. The predicted octanol–water partition coefficient (Wildman–Crippen LogP) is 2.78. The zero-order chi connectivity index (χ0) is 23.6. The molecule has 1 aromatic heterocycles. The normalized spacial score (nSPS) is 28.9. The van der Waals surface area contributed by atoms with E-state index in [1.807, 2.05) is 60.7 Å². The van der Waals surface area contributed by atoms with Crippen molar-refractivity contribution in [1.29, 1.82) is 0 Å². The maximum absolute atomic E-state index is 17.3. The zero-order valence-electron chi connectivity index (χ0n) is 19.3. The molecule has 0 amide bonds. The fourth-order valence-electron chi connectivity index (χ4n) is 5.71. The number of alkyl halides is 1. The second-order valence-corrected chi connectivity index (χ2v) is 9.08. The van der Waals surface area contributed by atoms with Gasteiger partial charge in [0.1, 0.15) is 6.73 Å². The Morgan fingerprint density at radius 2 is 1.79 bits per heavy atom. The molecule has 2 aliphatic rings. The SMILES string of the molecule is COCCOCn1nnnc1[C@]1(F)C[C@@]2(c3ccccc3)[C@H](O)CC[C@@H]1N2Cc1ccccc1. The molecule has 3 aromatic rings. The Morgan fingerprint density at radius 1 is 1.06 bits per heavy atom. The summed E-state index contributed by atoms with van der Waals surface area (Å²) in [6.45, 7) is 1.32. The van der Waals surface area contributed by atoms with Crippen LogP contribution in [0.25, 0.3) is 0 Å². The minimum atomic E-state index is -1.86. The number of fused-ring (bicyclic) bond motifs is 2. The summed E-state index contributed by atoms with van der Waals surface area (Å²) in [5.74, 6) is 0.139. The van der Waals surface area contributed by atoms with Crippen molar-refractivity contribution < 1.29 is 19.0 Å². The molecule has 0 radical (unpaired) electrons. The molecule has 5 rings (SSSR count). The maximum atomic E-state index is 17.3. The van der Waals surface area contributed by atoms with Gasteiger partial charge in [-0.15, -0.1) is 5.10 Å². The van der Waals surface area contributed by atoms with Gasteiger partial charge in [0.25, 0.3) is 0 Å². The molecule has 0 aliphatic carbocycles. The van der Waals surface area contributed by atoms with Gasteiger partial charge in [-0.1, -0.05) is 60.7 Å². The van der Waals surface area contributed by atoms with Gasteiger partial charge in [0.15, 0.2) is 11.5 Å². The van der Waals surface area contributed by atoms with E-state index in [1.165, 1.54) is 4.68 Å². The number of hydrogen-bond donors (Lipinski definition) is 1. The highest BCUT2D eigenvalue weighted by atomic mass is 19.1. The lowest BCUT2D eigenvalue weighted by Gasteiger charge is -2.48. The molecule has 2 saturated heterocycles. The summed E-state index contributed by atoms with van der Waals surface area (Å²) in [6, 6.07) is 19.3. The van der Waals surface area contributed by atoms with E-state index in [9.17, 15) is 5.11 Å². The van der Waals surface area contributed by atoms with E-state index in [-0.39, 0.29) is 19.0 Å². The van der Waals surface area contributed by atoms with Crippen LogP contribution < -0.4 is 0 Å². The van der Waals surface area contributed by atoms with E-state index in [1.54, 1.807) is 7.11 Å². The Hall–Kier alpha value is -2.72. The molecule has 9 heteroatoms. The second-order valence-electron chi connectivity index (χ2n) is 9.08. The third-order valence-corrected chi connectivity index (χ3v) is 7.23. The molecular formula is C25H30FN5O3. The minimum Gasteiger partial charge on any atom is -0.391 e. The van der Waals surface area contributed by atoms with Crippen molar-refractivity contribution >= 4 is 0 Å². The molecule has 2 fully saturated rings. The lowest BCUT2D eigenvalue weighted by Crippen LogP contribution is -2.56. The molecule has 8 nitrogen and oxygen atoms in total. The molecule has 2 bridgehead atoms. The summed E-state index contributed by atoms with van der Waals surface area (Å²) >= 11 is 0. The fourth-order valence-corrected chi connectivity index (χ4v) is 5.71. The van der Waals surface area contributed by atoms with Crippen molar-refractivity contribution in [2.75, 3.05) is 20.3 Å². The van der Waals surface area contributed by atoms with Crippen LogP contribution in [0.2, 0.25) is 0 Å². The topological polar surface area (TPSA) is 85.5 Å². The fraction of sp³-hybridized carbons (Fsp3) is 0.480. The average molecular weight is 468 g/mol. The quantitative estimate of drug-likeness (QED) is 0.485. The van der Waals surface area contributed by atoms with E-state index < -0.39 is 23.4 Å². The Balaban J connectivity index is 1.57. The zero-order valence-corrected chi connectivity index (χ0v) is 19.3. The first-order valence-electron chi connectivity index (χ1n) is 11.7. The molecule has 2 aliphatic heterocycles. The van der Waals surface area contributed by atoms with Crippen LogP contribution in [-0.4, -0.2) is 62.7 Å². The lowest BCUT2D eigenvalue weighted by atomic mass is 9.78. The third kappa shape index (κ3) is 3.82. The van der Waals surface area contributed by atoms with Gasteiger partial charge in [-0.3, -0.25) is 4.90 Å². The van der Waals surface area contributed by atoms with Crippen LogP contribution >= 0.6 is 0 Å². The summed E-state index contributed by atoms with van der Waals surface area (Å²) in [5, 5.41) is 23.4. The summed E-state index contributed by atoms with van der Waals surface area (Å²) < 4.78 is 29.3. The van der Waals surface area contributed by atoms with Gasteiger partial charge < -0.3 is 14.6 Å². The van der Waals surface area contributed by atoms with Crippen LogP contribution in [0.1, 0.15) is 36.2 Å². The Morgan fingerprint density at radius 3 is 2.53 bits per heavy atom. The summed E-state index contributed by atoms with van der Waals surface area (Å²) in [7, 11) is 1.59. The molecule has 4 atom stereocenters. The number of tetrazole rings is 1. The van der Waals surface area contributed by atoms with Crippen molar-refractivity contribution in [3.05, 3.63) is 77.6 Å². The van der Waals surface area contributed by atoms with Crippen molar-refractivity contribution in [1.82, 2.24) is 25.1 Å². The molecule has 0 unspecified atom stereocenters. The Kier molecular flexibility index (Phi) is 6.44. The van der Waals surface area contributed by atoms with Gasteiger partial charge in [0, 0.05) is 20.1 Å². The van der Waals surface area contributed by atoms with E-state index in [2.05, 4.69) is 20.4 Å². The van der Waals surface area contributed by atoms with E-state index in [4.69, 9.17) is 9.47 Å². The number of methoxy groups -OCH3 is 1. The van der Waals surface area contributed by atoms with E-state index in [0.29, 0.717) is 32.6 Å². The van der Waals surface area contributed by atoms with Crippen LogP contribution in [-0.2, 0) is 34.0 Å². The van der Waals surface area contributed by atoms with Crippen LogP contribution in [0.3, 0.4) is 0 Å². The van der Waals surface area contributed by atoms with Gasteiger partial charge in [-0.05, 0) is 34.4 Å². The maximum Gasteiger partial charge on any atom is 0.192 e. The van der Waals surface area contributed by atoms with E-state index in [0.717, 1.165) is 11.1 Å². The van der Waals surface area contributed by atoms with Crippen LogP contribution in [0.4, 0.5) is 4.39 Å². The van der Waals surface area contributed by atoms with Gasteiger partial charge >= 0.3 is 0 Å². The van der Waals surface area contributed by atoms with Gasteiger partial charge in [0.2, 0.25) is 0 Å². The highest BCUT2D eigenvalue weighted by Gasteiger charge is 2.68. The standard InChI is InChI=1S/C25H30FN5O3/c1-33-14-15-34-18-31-23(27-28-29-31)24(26)17-25(20-10-6-3-7-11-20)22(32)13-12-21(24)30(25)16-19-8-4-2-5-9-19/h2-11,21-22,32H,12-18H2,1H3/t21-,22+,24-,25+/m0/s1. The molecular weight excluding hydrogens is 437 g/mol. The molecule has 34 heavy (non-hydrogen) atoms. The largest absolute Gasteiger partial charge is 0.391 e. The Bertz CT molecular complexity index is 1080. The molecule has 180 valence electrons. The molecule has 0 saturated carbocycles. The van der Waals surface area contributed by atoms with Crippen molar-refractivity contribution in [3.8, 4) is 0 Å². The predicted molar refractivity (Wildman–Crippen MR) is 122 cm³/mol. The van der Waals surface area contributed by atoms with Crippen LogP contribution in [0.5, 0.6) is 0 Å². The number of nitrogens with zero attached hydrogens (tertiary/aromatic N) is 5. The summed E-state index contributed by atoms with van der Waals surface area (Å²) in [6.07, 6.45) is 0.329. The first-order valence-corrected chi connectivity index (χ1v) is 11.7. The molecule has 0 spiro atoms. The smallest absolute Gasteiger partial charge is 0.192 e. The number of benzene rings is 2. The van der Waals surface area contributed by atoms with Crippen LogP contribution in [0.15, 0.2) is 60.7 Å². The van der Waals surface area contributed by atoms with Crippen molar-refractivity contribution in [3.63, 3.8) is 0 Å². The first kappa shape index (κ1) is 23.0. The number of hydrogen-bond acceptors (Lipinski definition) is 7. The average Bonchev–Trinajstić information content (AvgIpc) is 3.40. The van der Waals surface area contributed by atoms with E-state index >= 15 is 4.39 Å². The number of piperidine rings is 1. The molecule has 3 heterocycles.